The van der Waals surface area contributed by atoms with Crippen LogP contribution in [0.25, 0.3) is 10.9 Å². The molecule has 1 N–H and O–H groups in total. The smallest absolute Gasteiger partial charge is 0.321 e. The van der Waals surface area contributed by atoms with E-state index < -0.39 is 0 Å². The number of urea groups is 1. The third kappa shape index (κ3) is 5.32. The lowest BCUT2D eigenvalue weighted by molar-refractivity contribution is 0.208. The molecule has 0 radical (unpaired) electrons. The number of carbonyl (C=O) groups excluding carboxylic acids is 1. The Kier molecular flexibility index (Phi) is 6.89. The van der Waals surface area contributed by atoms with Crippen LogP contribution in [-0.2, 0) is 6.54 Å². The number of methoxy groups -OCH3 is 1. The maximum absolute atomic E-state index is 12.7. The van der Waals surface area contributed by atoms with Crippen LogP contribution < -0.4 is 19.7 Å². The third-order valence-electron chi connectivity index (χ3n) is 5.97. The number of piperazine rings is 1. The number of hydrogen-bond donors (Lipinski definition) is 1. The Morgan fingerprint density at radius 1 is 1.08 bits per heavy atom. The van der Waals surface area contributed by atoms with E-state index in [1.807, 2.05) is 12.1 Å². The van der Waals surface area contributed by atoms with E-state index in [0.717, 1.165) is 16.7 Å². The minimum Gasteiger partial charge on any atom is -0.493 e. The predicted octanol–water partition coefficient (Wildman–Crippen LogP) is 1.93. The summed E-state index contributed by atoms with van der Waals surface area (Å²) >= 11 is 0. The maximum Gasteiger partial charge on any atom is 0.321 e. The van der Waals surface area contributed by atoms with Gasteiger partial charge < -0.3 is 24.6 Å². The number of nitriles is 1. The van der Waals surface area contributed by atoms with E-state index in [2.05, 4.69) is 41.7 Å². The normalized spacial score (nSPS) is 13.3. The van der Waals surface area contributed by atoms with Gasteiger partial charge in [0.2, 0.25) is 0 Å². The zero-order chi connectivity index (χ0) is 25.6. The fourth-order valence-electron chi connectivity index (χ4n) is 4.05. The van der Waals surface area contributed by atoms with Gasteiger partial charge in [0, 0.05) is 43.3 Å². The molecule has 0 spiro atoms. The van der Waals surface area contributed by atoms with Crippen molar-refractivity contribution >= 4 is 28.4 Å². The van der Waals surface area contributed by atoms with Gasteiger partial charge in [-0.15, -0.1) is 10.2 Å². The number of hydrogen-bond acceptors (Lipinski definition) is 10. The molecule has 0 aliphatic carbocycles. The molecule has 37 heavy (non-hydrogen) atoms. The molecule has 2 aromatic heterocycles. The van der Waals surface area contributed by atoms with Crippen LogP contribution in [0.1, 0.15) is 5.56 Å². The molecule has 3 heterocycles. The number of fused-ring (bicyclic) bond motifs is 1. The van der Waals surface area contributed by atoms with Crippen LogP contribution in [-0.4, -0.2) is 81.0 Å². The molecular formula is C24H24N10O3. The van der Waals surface area contributed by atoms with Crippen LogP contribution in [0.5, 0.6) is 11.5 Å². The van der Waals surface area contributed by atoms with Crippen molar-refractivity contribution < 1.29 is 14.3 Å². The molecule has 13 heteroatoms. The molecule has 0 atom stereocenters. The predicted molar refractivity (Wildman–Crippen MR) is 133 cm³/mol. The molecule has 0 bridgehead atoms. The Morgan fingerprint density at radius 3 is 2.59 bits per heavy atom. The summed E-state index contributed by atoms with van der Waals surface area (Å²) in [6, 6.07) is 12.4. The lowest BCUT2D eigenvalue weighted by Crippen LogP contribution is -2.50. The molecule has 1 saturated heterocycles. The molecule has 13 nitrogen and oxygen atoms in total. The fourth-order valence-corrected chi connectivity index (χ4v) is 4.05. The molecule has 0 unspecified atom stereocenters. The monoisotopic (exact) mass is 500 g/mol. The zero-order valence-corrected chi connectivity index (χ0v) is 20.1. The summed E-state index contributed by atoms with van der Waals surface area (Å²) in [7, 11) is 1.59. The van der Waals surface area contributed by atoms with E-state index in [4.69, 9.17) is 14.7 Å². The highest BCUT2D eigenvalue weighted by Crippen LogP contribution is 2.35. The van der Waals surface area contributed by atoms with Crippen molar-refractivity contribution in [2.24, 2.45) is 0 Å². The van der Waals surface area contributed by atoms with Crippen molar-refractivity contribution in [2.45, 2.75) is 6.54 Å². The van der Waals surface area contributed by atoms with E-state index in [9.17, 15) is 4.79 Å². The Balaban J connectivity index is 1.25. The molecule has 1 aliphatic rings. The van der Waals surface area contributed by atoms with E-state index in [0.29, 0.717) is 62.1 Å². The van der Waals surface area contributed by atoms with Crippen molar-refractivity contribution in [3.63, 3.8) is 0 Å². The topological polar surface area (TPSA) is 147 Å². The lowest BCUT2D eigenvalue weighted by atomic mass is 10.2. The molecule has 2 aromatic carbocycles. The van der Waals surface area contributed by atoms with Crippen molar-refractivity contribution in [3.05, 3.63) is 54.6 Å². The van der Waals surface area contributed by atoms with Crippen molar-refractivity contribution in [1.82, 2.24) is 35.1 Å². The highest BCUT2D eigenvalue weighted by atomic mass is 16.5. The Labute approximate surface area is 212 Å². The van der Waals surface area contributed by atoms with E-state index in [-0.39, 0.29) is 6.03 Å². The maximum atomic E-state index is 12.7. The van der Waals surface area contributed by atoms with Gasteiger partial charge in [-0.3, -0.25) is 0 Å². The largest absolute Gasteiger partial charge is 0.493 e. The highest BCUT2D eigenvalue weighted by Gasteiger charge is 2.24. The summed E-state index contributed by atoms with van der Waals surface area (Å²) in [6.07, 6.45) is 2.90. The molecule has 4 aromatic rings. The number of amides is 2. The lowest BCUT2D eigenvalue weighted by Gasteiger charge is -2.35. The van der Waals surface area contributed by atoms with Gasteiger partial charge in [-0.1, -0.05) is 0 Å². The SMILES string of the molecule is COc1cc2c(N3CCN(C(=O)Nc4ccc(C#N)cc4)CC3)ncnc2cc1OCCn1ncnn1. The second-order valence-corrected chi connectivity index (χ2v) is 8.19. The van der Waals surface area contributed by atoms with Gasteiger partial charge in [0.1, 0.15) is 18.8 Å². The first-order valence-corrected chi connectivity index (χ1v) is 11.6. The van der Waals surface area contributed by atoms with Crippen LogP contribution in [0.3, 0.4) is 0 Å². The molecule has 2 amide bonds. The molecule has 188 valence electrons. The Bertz CT molecular complexity index is 1410. The first kappa shape index (κ1) is 23.7. The highest BCUT2D eigenvalue weighted by molar-refractivity contribution is 5.92. The standard InChI is InChI=1S/C24H24N10O3/c1-36-21-12-19-20(13-22(21)37-11-10-34-29-16-28-31-34)26-15-27-23(19)32-6-8-33(9-7-32)24(35)30-18-4-2-17(14-25)3-5-18/h2-5,12-13,15-16H,6-11H2,1H3,(H,30,35). The first-order chi connectivity index (χ1) is 18.1. The molecule has 0 saturated carbocycles. The summed E-state index contributed by atoms with van der Waals surface area (Å²) < 4.78 is 11.5. The summed E-state index contributed by atoms with van der Waals surface area (Å²) in [5.74, 6) is 1.90. The quantitative estimate of drug-likeness (QED) is 0.399. The number of carbonyl (C=O) groups is 1. The Hall–Kier alpha value is -4.99. The van der Waals surface area contributed by atoms with Crippen LogP contribution in [0.15, 0.2) is 49.1 Å². The molecule has 5 rings (SSSR count). The summed E-state index contributed by atoms with van der Waals surface area (Å²) in [6.45, 7) is 3.06. The minimum absolute atomic E-state index is 0.179. The van der Waals surface area contributed by atoms with Crippen molar-refractivity contribution in [3.8, 4) is 17.6 Å². The summed E-state index contributed by atoms with van der Waals surface area (Å²) in [4.78, 5) is 27.0. The van der Waals surface area contributed by atoms with Crippen molar-refractivity contribution in [1.29, 1.82) is 5.26 Å². The van der Waals surface area contributed by atoms with Crippen LogP contribution in [0.4, 0.5) is 16.3 Å². The molecule has 1 aliphatic heterocycles. The number of nitrogens with zero attached hydrogens (tertiary/aromatic N) is 9. The van der Waals surface area contributed by atoms with Gasteiger partial charge in [-0.05, 0) is 35.5 Å². The van der Waals surface area contributed by atoms with Crippen LogP contribution in [0, 0.1) is 11.3 Å². The Morgan fingerprint density at radius 2 is 1.89 bits per heavy atom. The minimum atomic E-state index is -0.179. The number of anilines is 2. The third-order valence-corrected chi connectivity index (χ3v) is 5.97. The number of tetrazole rings is 1. The van der Waals surface area contributed by atoms with Crippen molar-refractivity contribution in [2.75, 3.05) is 50.1 Å². The number of ether oxygens (including phenoxy) is 2. The van der Waals surface area contributed by atoms with Crippen LogP contribution >= 0.6 is 0 Å². The average molecular weight is 501 g/mol. The van der Waals surface area contributed by atoms with Gasteiger partial charge in [-0.25, -0.2) is 14.8 Å². The number of aromatic nitrogens is 6. The van der Waals surface area contributed by atoms with Gasteiger partial charge >= 0.3 is 6.03 Å². The fraction of sp³-hybridized carbons (Fsp3) is 0.292. The van der Waals surface area contributed by atoms with Gasteiger partial charge in [0.05, 0.1) is 30.8 Å². The number of benzene rings is 2. The van der Waals surface area contributed by atoms with Crippen LogP contribution in [0.2, 0.25) is 0 Å². The number of nitrogens with one attached hydrogen (secondary N) is 1. The second-order valence-electron chi connectivity index (χ2n) is 8.19. The summed E-state index contributed by atoms with van der Waals surface area (Å²) in [5, 5.41) is 24.1. The molecule has 1 fully saturated rings. The first-order valence-electron chi connectivity index (χ1n) is 11.6. The van der Waals surface area contributed by atoms with E-state index in [1.54, 1.807) is 36.3 Å². The van der Waals surface area contributed by atoms with Gasteiger partial charge in [0.25, 0.3) is 0 Å². The van der Waals surface area contributed by atoms with Gasteiger partial charge in [-0.2, -0.15) is 10.1 Å². The average Bonchev–Trinajstić information content (AvgIpc) is 3.46. The zero-order valence-electron chi connectivity index (χ0n) is 20.1. The van der Waals surface area contributed by atoms with Gasteiger partial charge in [0.15, 0.2) is 17.8 Å². The second kappa shape index (κ2) is 10.7. The van der Waals surface area contributed by atoms with E-state index in [1.165, 1.54) is 17.5 Å². The van der Waals surface area contributed by atoms with E-state index >= 15 is 0 Å². The molecular weight excluding hydrogens is 476 g/mol. The number of rotatable bonds is 7. The summed E-state index contributed by atoms with van der Waals surface area (Å²) in [5.41, 5.74) is 1.92.